The molecule has 8 heteroatoms. The van der Waals surface area contributed by atoms with Crippen molar-refractivity contribution in [1.29, 1.82) is 0 Å². The van der Waals surface area contributed by atoms with Crippen LogP contribution < -0.4 is 5.32 Å². The third-order valence-corrected chi connectivity index (χ3v) is 4.93. The molecule has 0 unspecified atom stereocenters. The molecule has 0 bridgehead atoms. The summed E-state index contributed by atoms with van der Waals surface area (Å²) in [6.45, 7) is 0.690. The van der Waals surface area contributed by atoms with Crippen LogP contribution in [0.5, 0.6) is 0 Å². The van der Waals surface area contributed by atoms with Crippen LogP contribution in [0.4, 0.5) is 4.39 Å². The summed E-state index contributed by atoms with van der Waals surface area (Å²) in [6, 6.07) is 4.51. The number of nitrogens with one attached hydrogen (secondary N) is 2. The van der Waals surface area contributed by atoms with Gasteiger partial charge in [-0.1, -0.05) is 0 Å². The summed E-state index contributed by atoms with van der Waals surface area (Å²) in [6.07, 6.45) is 5.58. The minimum atomic E-state index is -0.321. The maximum absolute atomic E-state index is 13.6. The lowest BCUT2D eigenvalue weighted by Gasteiger charge is -2.03. The predicted molar refractivity (Wildman–Crippen MR) is 98.6 cm³/mol. The number of halogens is 1. The number of fused-ring (bicyclic) bond motifs is 2. The van der Waals surface area contributed by atoms with E-state index in [2.05, 4.69) is 25.4 Å². The van der Waals surface area contributed by atoms with Gasteiger partial charge in [-0.2, -0.15) is 5.10 Å². The summed E-state index contributed by atoms with van der Waals surface area (Å²) >= 11 is 0. The highest BCUT2D eigenvalue weighted by molar-refractivity contribution is 6.05. The van der Waals surface area contributed by atoms with E-state index in [1.54, 1.807) is 30.2 Å². The Hall–Kier alpha value is -3.29. The SMILES string of the molecule is Cn1nc(-c2cnc3[nH]cc(C(=O)NCC4CC4)c3n2)c2ccc(F)cc21. The second-order valence-corrected chi connectivity index (χ2v) is 6.94. The van der Waals surface area contributed by atoms with E-state index in [1.165, 1.54) is 25.0 Å². The Bertz CT molecular complexity index is 1190. The van der Waals surface area contributed by atoms with Crippen molar-refractivity contribution in [1.82, 2.24) is 30.0 Å². The summed E-state index contributed by atoms with van der Waals surface area (Å²) in [4.78, 5) is 24.5. The lowest BCUT2D eigenvalue weighted by Crippen LogP contribution is -2.25. The number of aromatic amines is 1. The van der Waals surface area contributed by atoms with Crippen molar-refractivity contribution in [2.24, 2.45) is 13.0 Å². The zero-order valence-corrected chi connectivity index (χ0v) is 14.7. The van der Waals surface area contributed by atoms with Crippen LogP contribution >= 0.6 is 0 Å². The van der Waals surface area contributed by atoms with Gasteiger partial charge in [0.05, 0.1) is 17.3 Å². The van der Waals surface area contributed by atoms with Crippen LogP contribution in [0.25, 0.3) is 33.5 Å². The van der Waals surface area contributed by atoms with Gasteiger partial charge in [0.15, 0.2) is 5.65 Å². The molecule has 0 radical (unpaired) electrons. The highest BCUT2D eigenvalue weighted by Gasteiger charge is 2.23. The van der Waals surface area contributed by atoms with Crippen LogP contribution in [0.1, 0.15) is 23.2 Å². The summed E-state index contributed by atoms with van der Waals surface area (Å²) in [5.74, 6) is 0.118. The molecule has 1 fully saturated rings. The van der Waals surface area contributed by atoms with Gasteiger partial charge in [0, 0.05) is 25.2 Å². The molecule has 4 aromatic rings. The van der Waals surface area contributed by atoms with Crippen LogP contribution in [-0.4, -0.2) is 37.2 Å². The van der Waals surface area contributed by atoms with E-state index in [0.717, 1.165) is 5.39 Å². The third-order valence-electron chi connectivity index (χ3n) is 4.93. The summed E-state index contributed by atoms with van der Waals surface area (Å²) in [7, 11) is 1.75. The Morgan fingerprint density at radius 2 is 2.26 bits per heavy atom. The quantitative estimate of drug-likeness (QED) is 0.583. The van der Waals surface area contributed by atoms with Crippen LogP contribution in [0.2, 0.25) is 0 Å². The minimum absolute atomic E-state index is 0.160. The lowest BCUT2D eigenvalue weighted by atomic mass is 10.1. The van der Waals surface area contributed by atoms with Crippen molar-refractivity contribution in [2.45, 2.75) is 12.8 Å². The number of amides is 1. The number of carbonyl (C=O) groups excluding carboxylic acids is 1. The van der Waals surface area contributed by atoms with E-state index < -0.39 is 0 Å². The van der Waals surface area contributed by atoms with Crippen molar-refractivity contribution >= 4 is 28.0 Å². The van der Waals surface area contributed by atoms with Crippen molar-refractivity contribution in [2.75, 3.05) is 6.54 Å². The number of aryl methyl sites for hydroxylation is 1. The van der Waals surface area contributed by atoms with Gasteiger partial charge in [0.2, 0.25) is 0 Å². The zero-order valence-electron chi connectivity index (χ0n) is 14.7. The molecule has 0 spiro atoms. The average molecular weight is 364 g/mol. The maximum atomic E-state index is 13.6. The smallest absolute Gasteiger partial charge is 0.255 e. The molecular weight excluding hydrogens is 347 g/mol. The van der Waals surface area contributed by atoms with E-state index in [4.69, 9.17) is 0 Å². The fourth-order valence-corrected chi connectivity index (χ4v) is 3.25. The molecule has 0 atom stereocenters. The topological polar surface area (TPSA) is 88.5 Å². The number of nitrogens with zero attached hydrogens (tertiary/aromatic N) is 4. The molecule has 3 heterocycles. The molecule has 5 rings (SSSR count). The van der Waals surface area contributed by atoms with Crippen LogP contribution in [0, 0.1) is 11.7 Å². The van der Waals surface area contributed by atoms with Gasteiger partial charge in [-0.15, -0.1) is 0 Å². The largest absolute Gasteiger partial charge is 0.352 e. The Morgan fingerprint density at radius 3 is 3.07 bits per heavy atom. The van der Waals surface area contributed by atoms with Gasteiger partial charge in [-0.3, -0.25) is 9.48 Å². The number of aromatic nitrogens is 5. The molecule has 27 heavy (non-hydrogen) atoms. The Morgan fingerprint density at radius 1 is 1.41 bits per heavy atom. The van der Waals surface area contributed by atoms with Crippen molar-refractivity contribution in [3.8, 4) is 11.4 Å². The minimum Gasteiger partial charge on any atom is -0.352 e. The molecule has 136 valence electrons. The molecule has 2 N–H and O–H groups in total. The number of benzene rings is 1. The first kappa shape index (κ1) is 15.9. The number of rotatable bonds is 4. The van der Waals surface area contributed by atoms with Crippen molar-refractivity contribution in [3.63, 3.8) is 0 Å². The van der Waals surface area contributed by atoms with E-state index in [9.17, 15) is 9.18 Å². The molecule has 1 aliphatic carbocycles. The highest BCUT2D eigenvalue weighted by Crippen LogP contribution is 2.29. The van der Waals surface area contributed by atoms with Crippen molar-refractivity contribution in [3.05, 3.63) is 42.0 Å². The van der Waals surface area contributed by atoms with Gasteiger partial charge < -0.3 is 10.3 Å². The molecule has 0 saturated heterocycles. The number of H-pyrrole nitrogens is 1. The molecule has 1 aliphatic rings. The predicted octanol–water partition coefficient (Wildman–Crippen LogP) is 2.79. The van der Waals surface area contributed by atoms with Crippen LogP contribution in [0.3, 0.4) is 0 Å². The molecule has 0 aliphatic heterocycles. The zero-order chi connectivity index (χ0) is 18.5. The van der Waals surface area contributed by atoms with Crippen LogP contribution in [0.15, 0.2) is 30.6 Å². The van der Waals surface area contributed by atoms with Gasteiger partial charge in [0.1, 0.15) is 22.7 Å². The molecule has 1 amide bonds. The second kappa shape index (κ2) is 5.87. The first-order valence-electron chi connectivity index (χ1n) is 8.85. The molecular formula is C19H17FN6O. The van der Waals surface area contributed by atoms with Gasteiger partial charge in [0.25, 0.3) is 5.91 Å². The summed E-state index contributed by atoms with van der Waals surface area (Å²) in [5, 5.41) is 8.20. The number of hydrogen-bond acceptors (Lipinski definition) is 4. The normalized spacial score (nSPS) is 14.1. The standard InChI is InChI=1S/C19H17FN6O/c1-26-15-6-11(20)4-5-12(15)16(25-26)14-9-22-18-17(24-14)13(8-21-18)19(27)23-7-10-2-3-10/h4-6,8-10H,2-3,7H2,1H3,(H,21,22)(H,23,27). The van der Waals surface area contributed by atoms with Gasteiger partial charge >= 0.3 is 0 Å². The summed E-state index contributed by atoms with van der Waals surface area (Å²) < 4.78 is 15.2. The first-order valence-corrected chi connectivity index (χ1v) is 8.85. The van der Waals surface area contributed by atoms with Gasteiger partial charge in [-0.25, -0.2) is 14.4 Å². The van der Waals surface area contributed by atoms with E-state index >= 15 is 0 Å². The Balaban J connectivity index is 1.58. The average Bonchev–Trinajstić information content (AvgIpc) is 3.32. The fraction of sp³-hybridized carbons (Fsp3) is 0.263. The van der Waals surface area contributed by atoms with E-state index in [0.29, 0.717) is 46.1 Å². The van der Waals surface area contributed by atoms with E-state index in [-0.39, 0.29) is 11.7 Å². The highest BCUT2D eigenvalue weighted by atomic mass is 19.1. The molecule has 3 aromatic heterocycles. The Labute approximate surface area is 153 Å². The first-order chi connectivity index (χ1) is 13.1. The monoisotopic (exact) mass is 364 g/mol. The molecule has 7 nitrogen and oxygen atoms in total. The number of carbonyl (C=O) groups is 1. The van der Waals surface area contributed by atoms with Gasteiger partial charge in [-0.05, 0) is 37.0 Å². The maximum Gasteiger partial charge on any atom is 0.255 e. The Kier molecular flexibility index (Phi) is 3.46. The third kappa shape index (κ3) is 2.73. The lowest BCUT2D eigenvalue weighted by molar-refractivity contribution is 0.0953. The molecule has 1 saturated carbocycles. The fourth-order valence-electron chi connectivity index (χ4n) is 3.25. The summed E-state index contributed by atoms with van der Waals surface area (Å²) in [5.41, 5.74) is 3.32. The van der Waals surface area contributed by atoms with Crippen LogP contribution in [-0.2, 0) is 7.05 Å². The van der Waals surface area contributed by atoms with E-state index in [1.807, 2.05) is 0 Å². The number of hydrogen-bond donors (Lipinski definition) is 2. The molecule has 1 aromatic carbocycles. The second-order valence-electron chi connectivity index (χ2n) is 6.94. The van der Waals surface area contributed by atoms with Crippen molar-refractivity contribution < 1.29 is 9.18 Å².